The van der Waals surface area contributed by atoms with Gasteiger partial charge in [0.1, 0.15) is 17.5 Å². The van der Waals surface area contributed by atoms with Crippen LogP contribution in [-0.4, -0.2) is 45.6 Å². The van der Waals surface area contributed by atoms with Crippen molar-refractivity contribution >= 4 is 11.7 Å². The number of likely N-dealkylation sites (tertiary alicyclic amines) is 1. The van der Waals surface area contributed by atoms with Crippen LogP contribution < -0.4 is 5.48 Å². The number of hydrogen-bond donors (Lipinski definition) is 2. The Morgan fingerprint density at radius 3 is 2.90 bits per heavy atom. The smallest absolute Gasteiger partial charge is 0.234 e. The minimum atomic E-state index is -0.756. The fourth-order valence-electron chi connectivity index (χ4n) is 5.06. The number of rotatable bonds is 4. The van der Waals surface area contributed by atoms with Gasteiger partial charge in [0.2, 0.25) is 11.6 Å². The molecule has 1 aromatic carbocycles. The van der Waals surface area contributed by atoms with Gasteiger partial charge in [-0.1, -0.05) is 43.3 Å². The van der Waals surface area contributed by atoms with Gasteiger partial charge in [0.15, 0.2) is 0 Å². The molecule has 1 aromatic heterocycles. The molecule has 3 aliphatic rings. The van der Waals surface area contributed by atoms with E-state index in [-0.39, 0.29) is 24.4 Å². The third kappa shape index (κ3) is 3.34. The molecule has 3 heterocycles. The monoisotopic (exact) mass is 424 g/mol. The molecule has 2 aliphatic heterocycles. The first kappa shape index (κ1) is 20.2. The second kappa shape index (κ2) is 7.46. The van der Waals surface area contributed by atoms with Gasteiger partial charge < -0.3 is 14.5 Å². The molecule has 2 N–H and O–H groups in total. The van der Waals surface area contributed by atoms with E-state index in [0.29, 0.717) is 18.0 Å². The van der Waals surface area contributed by atoms with Gasteiger partial charge >= 0.3 is 0 Å². The van der Waals surface area contributed by atoms with Crippen LogP contribution in [0.4, 0.5) is 0 Å². The first-order valence-electron chi connectivity index (χ1n) is 10.9. The molecular weight excluding hydrogens is 396 g/mol. The minimum absolute atomic E-state index is 0.0148. The Balaban J connectivity index is 1.45. The van der Waals surface area contributed by atoms with Gasteiger partial charge in [-0.3, -0.25) is 4.79 Å². The Kier molecular flexibility index (Phi) is 4.86. The molecule has 1 aliphatic carbocycles. The number of amides is 1. The maximum atomic E-state index is 13.6. The molecule has 1 unspecified atom stereocenters. The Hall–Kier alpha value is -2.71. The molecule has 31 heavy (non-hydrogen) atoms. The summed E-state index contributed by atoms with van der Waals surface area (Å²) in [6, 6.07) is 9.59. The molecule has 1 spiro atoms. The van der Waals surface area contributed by atoms with Gasteiger partial charge in [-0.25, -0.2) is 15.3 Å². The first-order chi connectivity index (χ1) is 14.9. The fraction of sp³-hybridized carbons (Fsp3) is 0.522. The largest absolute Gasteiger partial charge is 0.391 e. The van der Waals surface area contributed by atoms with Crippen LogP contribution in [0.3, 0.4) is 0 Å². The molecule has 8 heteroatoms. The molecule has 2 aromatic rings. The predicted octanol–water partition coefficient (Wildman–Crippen LogP) is 2.42. The highest BCUT2D eigenvalue weighted by molar-refractivity contribution is 5.94. The molecular formula is C23H28N4O4. The summed E-state index contributed by atoms with van der Waals surface area (Å²) in [7, 11) is 0. The number of aryl methyl sites for hydroxylation is 2. The van der Waals surface area contributed by atoms with Crippen molar-refractivity contribution in [1.82, 2.24) is 15.5 Å². The quantitative estimate of drug-likeness (QED) is 0.782. The van der Waals surface area contributed by atoms with E-state index in [0.717, 1.165) is 24.1 Å². The van der Waals surface area contributed by atoms with Crippen molar-refractivity contribution in [2.24, 2.45) is 10.9 Å². The van der Waals surface area contributed by atoms with E-state index in [9.17, 15) is 9.90 Å². The number of hydroxylamine groups is 1. The highest BCUT2D eigenvalue weighted by Gasteiger charge is 2.49. The van der Waals surface area contributed by atoms with Crippen molar-refractivity contribution in [3.63, 3.8) is 0 Å². The molecule has 1 fully saturated rings. The van der Waals surface area contributed by atoms with Gasteiger partial charge in [0, 0.05) is 31.0 Å². The van der Waals surface area contributed by atoms with Crippen LogP contribution in [0.1, 0.15) is 55.2 Å². The number of aromatic nitrogens is 1. The zero-order chi connectivity index (χ0) is 21.8. The van der Waals surface area contributed by atoms with Crippen molar-refractivity contribution < 1.29 is 19.3 Å². The fourth-order valence-corrected chi connectivity index (χ4v) is 5.06. The molecule has 164 valence electrons. The number of aliphatic hydroxyl groups is 1. The molecule has 8 nitrogen and oxygen atoms in total. The van der Waals surface area contributed by atoms with Crippen molar-refractivity contribution in [2.45, 2.75) is 63.8 Å². The van der Waals surface area contributed by atoms with Crippen LogP contribution in [0, 0.1) is 12.8 Å². The van der Waals surface area contributed by atoms with Crippen LogP contribution in [0.5, 0.6) is 0 Å². The Morgan fingerprint density at radius 1 is 1.35 bits per heavy atom. The van der Waals surface area contributed by atoms with E-state index >= 15 is 0 Å². The van der Waals surface area contributed by atoms with Gasteiger partial charge in [-0.05, 0) is 24.8 Å². The summed E-state index contributed by atoms with van der Waals surface area (Å²) in [5.74, 6) is 0.596. The third-order valence-electron chi connectivity index (χ3n) is 6.56. The van der Waals surface area contributed by atoms with Crippen LogP contribution in [0.25, 0.3) is 0 Å². The van der Waals surface area contributed by atoms with E-state index < -0.39 is 17.7 Å². The van der Waals surface area contributed by atoms with E-state index in [2.05, 4.69) is 16.7 Å². The normalized spacial score (nSPS) is 28.2. The first-order valence-corrected chi connectivity index (χ1v) is 10.9. The molecule has 5 rings (SSSR count). The average Bonchev–Trinajstić information content (AvgIpc) is 3.51. The molecule has 1 saturated heterocycles. The van der Waals surface area contributed by atoms with E-state index in [1.807, 2.05) is 45.0 Å². The van der Waals surface area contributed by atoms with Crippen LogP contribution in [-0.2, 0) is 21.8 Å². The average molecular weight is 425 g/mol. The third-order valence-corrected chi connectivity index (χ3v) is 6.56. The van der Waals surface area contributed by atoms with E-state index in [1.165, 1.54) is 5.56 Å². The highest BCUT2D eigenvalue weighted by atomic mass is 16.7. The second-order valence-electron chi connectivity index (χ2n) is 9.13. The van der Waals surface area contributed by atoms with Crippen molar-refractivity contribution in [3.05, 3.63) is 52.9 Å². The maximum absolute atomic E-state index is 13.6. The Morgan fingerprint density at radius 2 is 2.16 bits per heavy atom. The summed E-state index contributed by atoms with van der Waals surface area (Å²) in [4.78, 5) is 26.3. The predicted molar refractivity (Wildman–Crippen MR) is 113 cm³/mol. The summed E-state index contributed by atoms with van der Waals surface area (Å²) < 4.78 is 5.44. The highest BCUT2D eigenvalue weighted by Crippen LogP contribution is 2.43. The summed E-state index contributed by atoms with van der Waals surface area (Å²) in [5, 5.41) is 14.4. The topological polar surface area (TPSA) is 100 Å². The number of carbonyl (C=O) groups is 1. The molecule has 0 radical (unpaired) electrons. The maximum Gasteiger partial charge on any atom is 0.234 e. The van der Waals surface area contributed by atoms with Crippen molar-refractivity contribution in [3.8, 4) is 0 Å². The number of β-amino-alcohol motifs (C(OH)–C–C–N with tert-alkyl or cyclic N) is 1. The standard InChI is InChI=1S/C23H28N4O4/c1-13(2)20(19-10-14(3)25-30-19)22(29)27-12-16(28)11-18(27)21-24-23(31-26-21)9-8-15-6-4-5-7-17(15)23/h4-7,10,13,16,18,20,28H,8-9,11-12H2,1-3H3,(H,24,26)/t16-,18+,20?,23-/m1/s1. The Bertz CT molecular complexity index is 1030. The lowest BCUT2D eigenvalue weighted by Crippen LogP contribution is -2.46. The summed E-state index contributed by atoms with van der Waals surface area (Å²) >= 11 is 0. The van der Waals surface area contributed by atoms with E-state index in [4.69, 9.17) is 14.4 Å². The lowest BCUT2D eigenvalue weighted by atomic mass is 9.91. The van der Waals surface area contributed by atoms with Gasteiger partial charge in [-0.2, -0.15) is 0 Å². The molecule has 1 amide bonds. The lowest BCUT2D eigenvalue weighted by Gasteiger charge is -2.29. The van der Waals surface area contributed by atoms with Crippen LogP contribution >= 0.6 is 0 Å². The number of benzene rings is 1. The molecule has 4 atom stereocenters. The van der Waals surface area contributed by atoms with Crippen LogP contribution in [0.2, 0.25) is 0 Å². The molecule has 0 saturated carbocycles. The summed E-state index contributed by atoms with van der Waals surface area (Å²) in [6.45, 7) is 6.07. The number of nitrogens with one attached hydrogen (secondary N) is 1. The zero-order valence-electron chi connectivity index (χ0n) is 18.0. The minimum Gasteiger partial charge on any atom is -0.391 e. The number of amidine groups is 1. The van der Waals surface area contributed by atoms with E-state index in [1.54, 1.807) is 4.90 Å². The number of aliphatic hydroxyl groups excluding tert-OH is 1. The van der Waals surface area contributed by atoms with Gasteiger partial charge in [0.05, 0.1) is 17.8 Å². The van der Waals surface area contributed by atoms with Gasteiger partial charge in [0.25, 0.3) is 0 Å². The molecule has 0 bridgehead atoms. The lowest BCUT2D eigenvalue weighted by molar-refractivity contribution is -0.134. The van der Waals surface area contributed by atoms with Gasteiger partial charge in [-0.15, -0.1) is 0 Å². The Labute approximate surface area is 181 Å². The van der Waals surface area contributed by atoms with Crippen molar-refractivity contribution in [2.75, 3.05) is 6.54 Å². The number of carbonyl (C=O) groups excluding carboxylic acids is 1. The van der Waals surface area contributed by atoms with Crippen LogP contribution in [0.15, 0.2) is 39.8 Å². The SMILES string of the molecule is Cc1cc(C(C(=O)N2C[C@H](O)C[C@H]2C2=N[C@]3(CCc4ccccc43)ON2)C(C)C)on1. The summed E-state index contributed by atoms with van der Waals surface area (Å²) in [5.41, 5.74) is 5.27. The summed E-state index contributed by atoms with van der Waals surface area (Å²) in [6.07, 6.45) is 1.44. The number of aliphatic imine (C=N–C) groups is 1. The zero-order valence-corrected chi connectivity index (χ0v) is 18.0. The number of nitrogens with zero attached hydrogens (tertiary/aromatic N) is 3. The number of fused-ring (bicyclic) bond motifs is 2. The van der Waals surface area contributed by atoms with Crippen molar-refractivity contribution in [1.29, 1.82) is 0 Å². The number of hydrogen-bond acceptors (Lipinski definition) is 7. The second-order valence-corrected chi connectivity index (χ2v) is 9.13.